The van der Waals surface area contributed by atoms with Gasteiger partial charge in [-0.2, -0.15) is 0 Å². The molecule has 2 nitrogen and oxygen atoms in total. The predicted octanol–water partition coefficient (Wildman–Crippen LogP) is 0.0638. The number of unbranched alkanes of at least 4 members (excludes halogenated alkanes) is 1. The molecule has 108 valence electrons. The van der Waals surface area contributed by atoms with Gasteiger partial charge in [0.25, 0.3) is 0 Å². The smallest absolute Gasteiger partial charge is 0.104 e. The summed E-state index contributed by atoms with van der Waals surface area (Å²) in [4.78, 5) is 0. The molecule has 0 saturated carbocycles. The van der Waals surface area contributed by atoms with Crippen LogP contribution in [0.2, 0.25) is 0 Å². The first-order valence-electron chi connectivity index (χ1n) is 6.04. The number of rotatable bonds is 4. The van der Waals surface area contributed by atoms with Gasteiger partial charge in [-0.15, -0.1) is 12.4 Å². The Labute approximate surface area is 129 Å². The van der Waals surface area contributed by atoms with Crippen LogP contribution in [0.1, 0.15) is 25.3 Å². The average molecular weight is 340 g/mol. The molecule has 0 aliphatic rings. The second-order valence-electron chi connectivity index (χ2n) is 5.08. The third kappa shape index (κ3) is 15.9. The minimum Gasteiger partial charge on any atom is -1.00 e. The van der Waals surface area contributed by atoms with Gasteiger partial charge in [0.15, 0.2) is 0 Å². The highest BCUT2D eigenvalue weighted by Crippen LogP contribution is 2.05. The van der Waals surface area contributed by atoms with Gasteiger partial charge in [-0.25, -0.2) is 0 Å². The third-order valence-electron chi connectivity index (χ3n) is 2.06. The van der Waals surface area contributed by atoms with Gasteiger partial charge in [0.1, 0.15) is 6.54 Å². The molecular formula is C14H28BrClN2. The molecule has 1 aromatic carbocycles. The summed E-state index contributed by atoms with van der Waals surface area (Å²) >= 11 is 0. The van der Waals surface area contributed by atoms with Crippen molar-refractivity contribution >= 4 is 12.4 Å². The normalized spacial score (nSPS) is 9.39. The van der Waals surface area contributed by atoms with Crippen LogP contribution in [0.25, 0.3) is 0 Å². The first kappa shape index (κ1) is 23.0. The average Bonchev–Trinajstić information content (AvgIpc) is 2.19. The van der Waals surface area contributed by atoms with Gasteiger partial charge < -0.3 is 27.2 Å². The molecule has 0 heterocycles. The van der Waals surface area contributed by atoms with E-state index in [1.807, 2.05) is 0 Å². The molecule has 0 saturated heterocycles. The van der Waals surface area contributed by atoms with E-state index in [0.29, 0.717) is 0 Å². The van der Waals surface area contributed by atoms with E-state index < -0.39 is 0 Å². The molecule has 0 amide bonds. The van der Waals surface area contributed by atoms with Crippen LogP contribution in [0.15, 0.2) is 30.3 Å². The zero-order chi connectivity index (χ0) is 12.4. The van der Waals surface area contributed by atoms with Crippen LogP contribution in [0, 0.1) is 0 Å². The van der Waals surface area contributed by atoms with Crippen molar-refractivity contribution in [1.82, 2.24) is 0 Å². The van der Waals surface area contributed by atoms with Crippen LogP contribution in [0.4, 0.5) is 0 Å². The molecule has 1 rings (SSSR count). The standard InChI is InChI=1S/C10H16N.C4H11N.BrH.ClH/c1-11(2,3)9-10-7-5-4-6-8-10;1-2-3-4-5;;/h4-8H,9H2,1-3H3;2-5H2,1H3;2*1H/q+1;;;/p-1. The first-order valence-corrected chi connectivity index (χ1v) is 6.04. The predicted molar refractivity (Wildman–Crippen MR) is 79.4 cm³/mol. The number of benzene rings is 1. The lowest BCUT2D eigenvalue weighted by Gasteiger charge is -2.23. The van der Waals surface area contributed by atoms with E-state index in [0.717, 1.165) is 17.6 Å². The van der Waals surface area contributed by atoms with Gasteiger partial charge in [-0.05, 0) is 13.0 Å². The number of hydrogen-bond acceptors (Lipinski definition) is 1. The monoisotopic (exact) mass is 338 g/mol. The number of nitrogens with zero attached hydrogens (tertiary/aromatic N) is 1. The van der Waals surface area contributed by atoms with Crippen LogP contribution >= 0.6 is 12.4 Å². The highest BCUT2D eigenvalue weighted by molar-refractivity contribution is 5.85. The molecule has 4 heteroatoms. The molecule has 0 bridgehead atoms. The topological polar surface area (TPSA) is 26.0 Å². The van der Waals surface area contributed by atoms with Gasteiger partial charge in [-0.1, -0.05) is 43.7 Å². The SMILES string of the molecule is CCCCN.C[N+](C)(C)Cc1ccccc1.Cl.[Br-]. The zero-order valence-corrected chi connectivity index (χ0v) is 14.4. The molecule has 0 aliphatic heterocycles. The molecule has 0 radical (unpaired) electrons. The number of quaternary nitrogens is 1. The van der Waals surface area contributed by atoms with E-state index in [4.69, 9.17) is 5.73 Å². The van der Waals surface area contributed by atoms with Crippen molar-refractivity contribution in [3.63, 3.8) is 0 Å². The Balaban J connectivity index is -0.000000282. The summed E-state index contributed by atoms with van der Waals surface area (Å²) in [6.07, 6.45) is 2.39. The summed E-state index contributed by atoms with van der Waals surface area (Å²) < 4.78 is 0.990. The number of nitrogens with two attached hydrogens (primary N) is 1. The minimum absolute atomic E-state index is 0. The maximum atomic E-state index is 5.14. The van der Waals surface area contributed by atoms with Gasteiger partial charge in [0, 0.05) is 5.56 Å². The van der Waals surface area contributed by atoms with Crippen LogP contribution in [0.5, 0.6) is 0 Å². The van der Waals surface area contributed by atoms with Crippen molar-refractivity contribution in [2.75, 3.05) is 27.7 Å². The Kier molecular flexibility index (Phi) is 17.1. The molecule has 0 aromatic heterocycles. The molecule has 2 N–H and O–H groups in total. The van der Waals surface area contributed by atoms with Gasteiger partial charge in [-0.3, -0.25) is 0 Å². The lowest BCUT2D eigenvalue weighted by molar-refractivity contribution is -0.884. The van der Waals surface area contributed by atoms with Crippen LogP contribution in [-0.2, 0) is 6.54 Å². The Morgan fingerprint density at radius 2 is 1.56 bits per heavy atom. The maximum absolute atomic E-state index is 5.14. The Morgan fingerprint density at radius 1 is 1.06 bits per heavy atom. The van der Waals surface area contributed by atoms with E-state index in [2.05, 4.69) is 58.4 Å². The van der Waals surface area contributed by atoms with E-state index in [-0.39, 0.29) is 29.4 Å². The fraction of sp³-hybridized carbons (Fsp3) is 0.571. The minimum atomic E-state index is 0. The van der Waals surface area contributed by atoms with E-state index in [9.17, 15) is 0 Å². The number of halogens is 2. The van der Waals surface area contributed by atoms with Crippen LogP contribution < -0.4 is 22.7 Å². The van der Waals surface area contributed by atoms with E-state index in [1.165, 1.54) is 18.4 Å². The summed E-state index contributed by atoms with van der Waals surface area (Å²) in [5.74, 6) is 0. The van der Waals surface area contributed by atoms with Crippen LogP contribution in [-0.4, -0.2) is 32.2 Å². The summed E-state index contributed by atoms with van der Waals surface area (Å²) in [7, 11) is 6.60. The highest BCUT2D eigenvalue weighted by Gasteiger charge is 2.06. The lowest BCUT2D eigenvalue weighted by Crippen LogP contribution is -3.00. The maximum Gasteiger partial charge on any atom is 0.104 e. The third-order valence-corrected chi connectivity index (χ3v) is 2.06. The molecule has 0 aliphatic carbocycles. The van der Waals surface area contributed by atoms with Gasteiger partial charge in [0.2, 0.25) is 0 Å². The molecule has 0 fully saturated rings. The Morgan fingerprint density at radius 3 is 1.83 bits per heavy atom. The Hall–Kier alpha value is -0.0900. The van der Waals surface area contributed by atoms with Crippen LogP contribution in [0.3, 0.4) is 0 Å². The van der Waals surface area contributed by atoms with Crippen molar-refractivity contribution in [1.29, 1.82) is 0 Å². The molecule has 0 atom stereocenters. The molecule has 18 heavy (non-hydrogen) atoms. The van der Waals surface area contributed by atoms with Gasteiger partial charge >= 0.3 is 0 Å². The molecular weight excluding hydrogens is 312 g/mol. The first-order chi connectivity index (χ1) is 7.49. The molecule has 1 aromatic rings. The summed E-state index contributed by atoms with van der Waals surface area (Å²) in [6.45, 7) is 4.07. The van der Waals surface area contributed by atoms with Crippen molar-refractivity contribution in [3.8, 4) is 0 Å². The lowest BCUT2D eigenvalue weighted by atomic mass is 10.2. The second-order valence-corrected chi connectivity index (χ2v) is 5.08. The highest BCUT2D eigenvalue weighted by atomic mass is 79.9. The van der Waals surface area contributed by atoms with E-state index >= 15 is 0 Å². The second kappa shape index (κ2) is 13.3. The number of hydrogen-bond donors (Lipinski definition) is 1. The summed E-state index contributed by atoms with van der Waals surface area (Å²) in [6, 6.07) is 10.6. The molecule has 0 spiro atoms. The van der Waals surface area contributed by atoms with Crippen molar-refractivity contribution in [3.05, 3.63) is 35.9 Å². The van der Waals surface area contributed by atoms with Crippen molar-refractivity contribution in [2.24, 2.45) is 5.73 Å². The fourth-order valence-electron chi connectivity index (χ4n) is 1.34. The quantitative estimate of drug-likeness (QED) is 0.772. The molecule has 0 unspecified atom stereocenters. The van der Waals surface area contributed by atoms with Crippen molar-refractivity contribution in [2.45, 2.75) is 26.3 Å². The Bertz CT molecular complexity index is 258. The zero-order valence-electron chi connectivity index (χ0n) is 12.0. The fourth-order valence-corrected chi connectivity index (χ4v) is 1.34. The van der Waals surface area contributed by atoms with Crippen molar-refractivity contribution < 1.29 is 21.5 Å². The largest absolute Gasteiger partial charge is 1.00 e. The summed E-state index contributed by atoms with van der Waals surface area (Å²) in [5, 5.41) is 0. The van der Waals surface area contributed by atoms with Gasteiger partial charge in [0.05, 0.1) is 21.1 Å². The summed E-state index contributed by atoms with van der Waals surface area (Å²) in [5.41, 5.74) is 6.54. The van der Waals surface area contributed by atoms with E-state index in [1.54, 1.807) is 0 Å².